The molecule has 0 bridgehead atoms. The Hall–Kier alpha value is -2.34. The number of nitrogens with one attached hydrogen (secondary N) is 1. The van der Waals surface area contributed by atoms with E-state index in [1.54, 1.807) is 28.0 Å². The Kier molecular flexibility index (Phi) is 5.55. The molecule has 0 atom stereocenters. The van der Waals surface area contributed by atoms with E-state index in [-0.39, 0.29) is 11.5 Å². The number of amides is 1. The summed E-state index contributed by atoms with van der Waals surface area (Å²) in [5.74, 6) is 0.370. The van der Waals surface area contributed by atoms with Gasteiger partial charge in [-0.3, -0.25) is 9.59 Å². The van der Waals surface area contributed by atoms with Gasteiger partial charge in [-0.2, -0.15) is 0 Å². The van der Waals surface area contributed by atoms with Crippen molar-refractivity contribution < 1.29 is 9.53 Å². The lowest BCUT2D eigenvalue weighted by Gasteiger charge is -2.11. The van der Waals surface area contributed by atoms with Crippen molar-refractivity contribution in [2.45, 2.75) is 13.5 Å². The van der Waals surface area contributed by atoms with Gasteiger partial charge in [0.2, 0.25) is 5.91 Å². The lowest BCUT2D eigenvalue weighted by molar-refractivity contribution is -0.116. The number of nitrogens with zero attached hydrogens (tertiary/aromatic N) is 1. The van der Waals surface area contributed by atoms with Crippen molar-refractivity contribution in [1.82, 2.24) is 9.88 Å². The van der Waals surface area contributed by atoms with Gasteiger partial charge >= 0.3 is 0 Å². The second kappa shape index (κ2) is 7.61. The summed E-state index contributed by atoms with van der Waals surface area (Å²) in [6, 6.07) is 7.10. The number of thiophene rings is 1. The topological polar surface area (TPSA) is 60.3 Å². The van der Waals surface area contributed by atoms with Crippen molar-refractivity contribution in [3.05, 3.63) is 56.6 Å². The van der Waals surface area contributed by atoms with Crippen molar-refractivity contribution in [2.24, 2.45) is 0 Å². The molecule has 1 amide bonds. The molecule has 2 aromatic rings. The SMILES string of the molecule is COc1cc(C)n(CCNC(=O)/C=C/c2cccs2)c(=O)c1. The van der Waals surface area contributed by atoms with Gasteiger partial charge in [-0.15, -0.1) is 11.3 Å². The second-order valence-electron chi connectivity index (χ2n) is 4.67. The zero-order valence-corrected chi connectivity index (χ0v) is 13.4. The summed E-state index contributed by atoms with van der Waals surface area (Å²) in [4.78, 5) is 24.7. The molecule has 0 radical (unpaired) electrons. The summed E-state index contributed by atoms with van der Waals surface area (Å²) in [7, 11) is 1.53. The Morgan fingerprint density at radius 1 is 1.45 bits per heavy atom. The summed E-state index contributed by atoms with van der Waals surface area (Å²) in [5, 5.41) is 4.72. The van der Waals surface area contributed by atoms with E-state index in [1.165, 1.54) is 19.3 Å². The molecule has 0 saturated carbocycles. The van der Waals surface area contributed by atoms with Gasteiger partial charge in [0, 0.05) is 35.8 Å². The molecule has 0 aliphatic rings. The van der Waals surface area contributed by atoms with Crippen molar-refractivity contribution in [2.75, 3.05) is 13.7 Å². The number of aryl methyl sites for hydroxylation is 1. The molecule has 2 aromatic heterocycles. The van der Waals surface area contributed by atoms with Crippen LogP contribution in [0.3, 0.4) is 0 Å². The van der Waals surface area contributed by atoms with Gasteiger partial charge in [0.25, 0.3) is 5.56 Å². The van der Waals surface area contributed by atoms with E-state index in [2.05, 4.69) is 5.32 Å². The number of rotatable bonds is 6. The summed E-state index contributed by atoms with van der Waals surface area (Å²) in [6.45, 7) is 2.65. The normalized spacial score (nSPS) is 10.8. The zero-order valence-electron chi connectivity index (χ0n) is 12.5. The molecule has 0 spiro atoms. The van der Waals surface area contributed by atoms with E-state index in [4.69, 9.17) is 4.74 Å². The highest BCUT2D eigenvalue weighted by Gasteiger charge is 2.04. The summed E-state index contributed by atoms with van der Waals surface area (Å²) in [5.41, 5.74) is 0.660. The lowest BCUT2D eigenvalue weighted by Crippen LogP contribution is -2.30. The van der Waals surface area contributed by atoms with Crippen LogP contribution in [0.5, 0.6) is 5.75 Å². The van der Waals surface area contributed by atoms with E-state index in [1.807, 2.05) is 24.4 Å². The van der Waals surface area contributed by atoms with Crippen molar-refractivity contribution in [3.8, 4) is 5.75 Å². The molecular formula is C16H18N2O3S. The first-order chi connectivity index (χ1) is 10.6. The maximum Gasteiger partial charge on any atom is 0.254 e. The Morgan fingerprint density at radius 2 is 2.27 bits per heavy atom. The number of ether oxygens (including phenoxy) is 1. The van der Waals surface area contributed by atoms with Gasteiger partial charge in [-0.05, 0) is 30.5 Å². The molecule has 0 aliphatic carbocycles. The lowest BCUT2D eigenvalue weighted by atomic mass is 10.3. The second-order valence-corrected chi connectivity index (χ2v) is 5.65. The Balaban J connectivity index is 1.89. The number of hydrogen-bond donors (Lipinski definition) is 1. The van der Waals surface area contributed by atoms with Gasteiger partial charge in [0.1, 0.15) is 5.75 Å². The molecule has 116 valence electrons. The molecule has 2 rings (SSSR count). The van der Waals surface area contributed by atoms with Crippen LogP contribution in [0.4, 0.5) is 0 Å². The Morgan fingerprint density at radius 3 is 2.91 bits per heavy atom. The molecule has 0 aliphatic heterocycles. The average molecular weight is 318 g/mol. The monoisotopic (exact) mass is 318 g/mol. The first kappa shape index (κ1) is 16.0. The minimum atomic E-state index is -0.174. The van der Waals surface area contributed by atoms with Crippen molar-refractivity contribution in [3.63, 3.8) is 0 Å². The molecular weight excluding hydrogens is 300 g/mol. The highest BCUT2D eigenvalue weighted by atomic mass is 32.1. The highest BCUT2D eigenvalue weighted by Crippen LogP contribution is 2.10. The average Bonchev–Trinajstić information content (AvgIpc) is 3.01. The third-order valence-electron chi connectivity index (χ3n) is 3.12. The van der Waals surface area contributed by atoms with Crippen LogP contribution >= 0.6 is 11.3 Å². The molecule has 5 nitrogen and oxygen atoms in total. The fourth-order valence-corrected chi connectivity index (χ4v) is 2.62. The van der Waals surface area contributed by atoms with Gasteiger partial charge in [-0.25, -0.2) is 0 Å². The van der Waals surface area contributed by atoms with E-state index >= 15 is 0 Å². The van der Waals surface area contributed by atoms with E-state index in [0.717, 1.165) is 10.6 Å². The summed E-state index contributed by atoms with van der Waals surface area (Å²) < 4.78 is 6.65. The highest BCUT2D eigenvalue weighted by molar-refractivity contribution is 7.10. The first-order valence-corrected chi connectivity index (χ1v) is 7.73. The van der Waals surface area contributed by atoms with Gasteiger partial charge in [0.15, 0.2) is 0 Å². The quantitative estimate of drug-likeness (QED) is 0.829. The molecule has 0 aromatic carbocycles. The maximum atomic E-state index is 11.9. The standard InChI is InChI=1S/C16H18N2O3S/c1-12-10-13(21-2)11-16(20)18(12)8-7-17-15(19)6-5-14-4-3-9-22-14/h3-6,9-11H,7-8H2,1-2H3,(H,17,19)/b6-5+. The number of carbonyl (C=O) groups is 1. The first-order valence-electron chi connectivity index (χ1n) is 6.85. The van der Waals surface area contributed by atoms with Crippen LogP contribution in [0.25, 0.3) is 6.08 Å². The van der Waals surface area contributed by atoms with E-state index in [0.29, 0.717) is 18.8 Å². The maximum absolute atomic E-state index is 11.9. The van der Waals surface area contributed by atoms with Crippen LogP contribution in [-0.4, -0.2) is 24.1 Å². The smallest absolute Gasteiger partial charge is 0.254 e. The molecule has 2 heterocycles. The number of aromatic nitrogens is 1. The van der Waals surface area contributed by atoms with Crippen LogP contribution in [0.2, 0.25) is 0 Å². The van der Waals surface area contributed by atoms with Crippen molar-refractivity contribution >= 4 is 23.3 Å². The third-order valence-corrected chi connectivity index (χ3v) is 3.96. The van der Waals surface area contributed by atoms with Crippen LogP contribution in [-0.2, 0) is 11.3 Å². The third kappa shape index (κ3) is 4.33. The summed E-state index contributed by atoms with van der Waals surface area (Å²) >= 11 is 1.57. The Labute approximate surface area is 132 Å². The minimum Gasteiger partial charge on any atom is -0.496 e. The van der Waals surface area contributed by atoms with Crippen LogP contribution < -0.4 is 15.6 Å². The van der Waals surface area contributed by atoms with Gasteiger partial charge in [0.05, 0.1) is 7.11 Å². The fourth-order valence-electron chi connectivity index (χ4n) is 2.00. The number of pyridine rings is 1. The van der Waals surface area contributed by atoms with Crippen LogP contribution in [0.15, 0.2) is 40.5 Å². The number of hydrogen-bond acceptors (Lipinski definition) is 4. The molecule has 6 heteroatoms. The van der Waals surface area contributed by atoms with E-state index < -0.39 is 0 Å². The van der Waals surface area contributed by atoms with Gasteiger partial charge < -0.3 is 14.6 Å². The van der Waals surface area contributed by atoms with E-state index in [9.17, 15) is 9.59 Å². The van der Waals surface area contributed by atoms with Crippen molar-refractivity contribution in [1.29, 1.82) is 0 Å². The molecule has 0 fully saturated rings. The number of methoxy groups -OCH3 is 1. The van der Waals surface area contributed by atoms with Crippen LogP contribution in [0, 0.1) is 6.92 Å². The largest absolute Gasteiger partial charge is 0.496 e. The molecule has 1 N–H and O–H groups in total. The molecule has 22 heavy (non-hydrogen) atoms. The summed E-state index contributed by atoms with van der Waals surface area (Å²) in [6.07, 6.45) is 3.26. The fraction of sp³-hybridized carbons (Fsp3) is 0.250. The minimum absolute atomic E-state index is 0.139. The Bertz CT molecular complexity index is 717. The predicted molar refractivity (Wildman–Crippen MR) is 88.4 cm³/mol. The molecule has 0 unspecified atom stereocenters. The number of carbonyl (C=O) groups excluding carboxylic acids is 1. The van der Waals surface area contributed by atoms with Crippen LogP contribution in [0.1, 0.15) is 10.6 Å². The zero-order chi connectivity index (χ0) is 15.9. The predicted octanol–water partition coefficient (Wildman–Crippen LogP) is 2.06. The van der Waals surface area contributed by atoms with Gasteiger partial charge in [-0.1, -0.05) is 6.07 Å². The molecule has 0 saturated heterocycles.